The molecular weight excluding hydrogens is 535 g/mol. The molecule has 0 radical (unpaired) electrons. The first-order valence-electron chi connectivity index (χ1n) is 12.7. The fourth-order valence-corrected chi connectivity index (χ4v) is 5.72. The Morgan fingerprint density at radius 3 is 2.42 bits per heavy atom. The van der Waals surface area contributed by atoms with E-state index in [2.05, 4.69) is 34.7 Å². The second kappa shape index (κ2) is 11.7. The first-order valence-corrected chi connectivity index (χ1v) is 12.7. The summed E-state index contributed by atoms with van der Waals surface area (Å²) in [4.78, 5) is 24.0. The van der Waals surface area contributed by atoms with Crippen LogP contribution in [-0.2, 0) is 10.2 Å². The number of halogens is 3. The van der Waals surface area contributed by atoms with Gasteiger partial charge in [-0.25, -0.2) is 9.59 Å². The molecule has 0 aromatic heterocycles. The summed E-state index contributed by atoms with van der Waals surface area (Å²) in [6.45, 7) is 1.25. The fourth-order valence-electron chi connectivity index (χ4n) is 5.72. The third-order valence-corrected chi connectivity index (χ3v) is 7.69. The van der Waals surface area contributed by atoms with Crippen molar-refractivity contribution in [2.24, 2.45) is 0 Å². The highest BCUT2D eigenvalue weighted by Gasteiger charge is 2.50. The summed E-state index contributed by atoms with van der Waals surface area (Å²) in [6.07, 6.45) is -1.15. The van der Waals surface area contributed by atoms with Crippen LogP contribution in [0.3, 0.4) is 0 Å². The first-order chi connectivity index (χ1) is 19.0. The maximum Gasteiger partial charge on any atom is 0.490 e. The molecule has 40 heavy (non-hydrogen) atoms. The molecule has 0 unspecified atom stereocenters. The van der Waals surface area contributed by atoms with Crippen LogP contribution in [0.2, 0.25) is 0 Å². The average Bonchev–Trinajstić information content (AvgIpc) is 3.52. The molecule has 10 nitrogen and oxygen atoms in total. The van der Waals surface area contributed by atoms with Crippen molar-refractivity contribution in [3.63, 3.8) is 0 Å². The second-order valence-electron chi connectivity index (χ2n) is 9.91. The SMILES string of the molecule is COc1ccc([C@@]23CC[C@@H](NC(=O)Nc4ccc5c(c4)OCO5)C[C@@H]2N(C)CC3)cc1OC.O=C(O)C(F)(F)F. The van der Waals surface area contributed by atoms with E-state index in [0.29, 0.717) is 23.2 Å². The van der Waals surface area contributed by atoms with E-state index in [4.69, 9.17) is 28.8 Å². The van der Waals surface area contributed by atoms with Gasteiger partial charge in [-0.2, -0.15) is 13.2 Å². The van der Waals surface area contributed by atoms with Gasteiger partial charge in [-0.15, -0.1) is 0 Å². The number of rotatable bonds is 5. The Bertz CT molecular complexity index is 1240. The van der Waals surface area contributed by atoms with Gasteiger partial charge >= 0.3 is 18.2 Å². The molecule has 0 bridgehead atoms. The molecule has 3 atom stereocenters. The Labute approximate surface area is 229 Å². The molecule has 1 saturated carbocycles. The highest BCUT2D eigenvalue weighted by atomic mass is 19.4. The number of carboxylic acids is 1. The summed E-state index contributed by atoms with van der Waals surface area (Å²) in [7, 11) is 5.52. The first kappa shape index (κ1) is 29.1. The molecule has 0 spiro atoms. The number of anilines is 1. The molecule has 2 amide bonds. The van der Waals surface area contributed by atoms with Crippen LogP contribution in [0.15, 0.2) is 36.4 Å². The number of fused-ring (bicyclic) bond motifs is 2. The predicted octanol–water partition coefficient (Wildman–Crippen LogP) is 4.38. The minimum Gasteiger partial charge on any atom is -0.493 e. The number of alkyl halides is 3. The third-order valence-electron chi connectivity index (χ3n) is 7.69. The fraction of sp³-hybridized carbons (Fsp3) is 0.481. The average molecular weight is 568 g/mol. The zero-order valence-electron chi connectivity index (χ0n) is 22.3. The van der Waals surface area contributed by atoms with Crippen LogP contribution in [-0.4, -0.2) is 74.9 Å². The summed E-state index contributed by atoms with van der Waals surface area (Å²) in [5.74, 6) is 0.103. The number of nitrogens with one attached hydrogen (secondary N) is 2. The lowest BCUT2D eigenvalue weighted by Crippen LogP contribution is -2.52. The van der Waals surface area contributed by atoms with Crippen molar-refractivity contribution in [2.75, 3.05) is 39.9 Å². The molecule has 2 aliphatic heterocycles. The lowest BCUT2D eigenvalue weighted by atomic mass is 9.65. The largest absolute Gasteiger partial charge is 0.493 e. The number of likely N-dealkylation sites (N-methyl/N-ethyl adjacent to an activating group) is 1. The highest BCUT2D eigenvalue weighted by Crippen LogP contribution is 2.50. The topological polar surface area (TPSA) is 119 Å². The molecule has 3 aliphatic rings. The molecule has 3 N–H and O–H groups in total. The number of hydrogen-bond acceptors (Lipinski definition) is 7. The van der Waals surface area contributed by atoms with Gasteiger partial charge in [0.2, 0.25) is 6.79 Å². The van der Waals surface area contributed by atoms with E-state index >= 15 is 0 Å². The number of amides is 2. The number of aliphatic carboxylic acids is 1. The van der Waals surface area contributed by atoms with E-state index < -0.39 is 12.1 Å². The van der Waals surface area contributed by atoms with Crippen LogP contribution in [0.5, 0.6) is 23.0 Å². The van der Waals surface area contributed by atoms with E-state index in [9.17, 15) is 18.0 Å². The van der Waals surface area contributed by atoms with Gasteiger partial charge in [0.1, 0.15) is 0 Å². The Morgan fingerprint density at radius 2 is 1.75 bits per heavy atom. The van der Waals surface area contributed by atoms with Gasteiger partial charge < -0.3 is 39.6 Å². The second-order valence-corrected chi connectivity index (χ2v) is 9.91. The number of hydrogen-bond donors (Lipinski definition) is 3. The lowest BCUT2D eigenvalue weighted by Gasteiger charge is -2.45. The number of benzene rings is 2. The minimum absolute atomic E-state index is 0.0558. The van der Waals surface area contributed by atoms with E-state index in [1.807, 2.05) is 18.2 Å². The zero-order chi connectivity index (χ0) is 29.1. The van der Waals surface area contributed by atoms with Gasteiger partial charge in [-0.1, -0.05) is 6.07 Å². The van der Waals surface area contributed by atoms with Gasteiger partial charge in [0, 0.05) is 29.3 Å². The number of ether oxygens (including phenoxy) is 4. The summed E-state index contributed by atoms with van der Waals surface area (Å²) < 4.78 is 53.5. The Kier molecular flexibility index (Phi) is 8.52. The van der Waals surface area contributed by atoms with Crippen molar-refractivity contribution in [1.82, 2.24) is 10.2 Å². The van der Waals surface area contributed by atoms with Gasteiger partial charge in [0.25, 0.3) is 0 Å². The molecule has 5 rings (SSSR count). The summed E-state index contributed by atoms with van der Waals surface area (Å²) in [5, 5.41) is 13.2. The smallest absolute Gasteiger partial charge is 0.490 e. The van der Waals surface area contributed by atoms with Crippen LogP contribution in [0, 0.1) is 0 Å². The van der Waals surface area contributed by atoms with E-state index in [1.54, 1.807) is 20.3 Å². The molecule has 1 saturated heterocycles. The monoisotopic (exact) mass is 567 g/mol. The maximum absolute atomic E-state index is 12.7. The normalized spacial score (nSPS) is 23.4. The molecule has 2 fully saturated rings. The van der Waals surface area contributed by atoms with Gasteiger partial charge in [0.05, 0.1) is 14.2 Å². The number of nitrogens with zero attached hydrogens (tertiary/aromatic N) is 1. The van der Waals surface area contributed by atoms with Crippen molar-refractivity contribution in [3.05, 3.63) is 42.0 Å². The molecule has 1 aliphatic carbocycles. The number of carboxylic acid groups (broad SMARTS) is 1. The molecule has 13 heteroatoms. The standard InChI is InChI=1S/C25H31N3O5.C2HF3O2/c1-28-11-10-25(16-4-6-19(30-2)21(12-16)31-3)9-8-18(14-23(25)28)27-24(29)26-17-5-7-20-22(13-17)33-15-32-20;3-2(4,5)1(6)7/h4-7,12-13,18,23H,8-11,14-15H2,1-3H3,(H2,26,27,29);(H,6,7)/t18-,23+,25+;/m1./s1. The number of carbonyl (C=O) groups excluding carboxylic acids is 1. The van der Waals surface area contributed by atoms with Crippen molar-refractivity contribution in [1.29, 1.82) is 0 Å². The van der Waals surface area contributed by atoms with Crippen LogP contribution >= 0.6 is 0 Å². The van der Waals surface area contributed by atoms with Crippen LogP contribution < -0.4 is 29.6 Å². The number of likely N-dealkylation sites (tertiary alicyclic amines) is 1. The van der Waals surface area contributed by atoms with E-state index in [-0.39, 0.29) is 24.3 Å². The van der Waals surface area contributed by atoms with Gasteiger partial charge in [-0.3, -0.25) is 0 Å². The van der Waals surface area contributed by atoms with Gasteiger partial charge in [0.15, 0.2) is 23.0 Å². The molecule has 2 aromatic carbocycles. The highest BCUT2D eigenvalue weighted by molar-refractivity contribution is 5.90. The lowest BCUT2D eigenvalue weighted by molar-refractivity contribution is -0.192. The van der Waals surface area contributed by atoms with Crippen LogP contribution in [0.1, 0.15) is 31.2 Å². The van der Waals surface area contributed by atoms with Crippen molar-refractivity contribution >= 4 is 17.7 Å². The number of carbonyl (C=O) groups is 2. The number of methoxy groups -OCH3 is 2. The van der Waals surface area contributed by atoms with Crippen molar-refractivity contribution < 1.29 is 46.8 Å². The maximum atomic E-state index is 12.7. The van der Waals surface area contributed by atoms with Crippen molar-refractivity contribution in [2.45, 2.75) is 49.4 Å². The molecule has 2 heterocycles. The van der Waals surface area contributed by atoms with E-state index in [0.717, 1.165) is 43.7 Å². The zero-order valence-corrected chi connectivity index (χ0v) is 22.3. The number of urea groups is 1. The predicted molar refractivity (Wildman–Crippen MR) is 138 cm³/mol. The van der Waals surface area contributed by atoms with E-state index in [1.165, 1.54) is 5.56 Å². The van der Waals surface area contributed by atoms with Gasteiger partial charge in [-0.05, 0) is 69.1 Å². The Balaban J connectivity index is 0.000000470. The Morgan fingerprint density at radius 1 is 1.05 bits per heavy atom. The summed E-state index contributed by atoms with van der Waals surface area (Å²) >= 11 is 0. The van der Waals surface area contributed by atoms with Crippen LogP contribution in [0.25, 0.3) is 0 Å². The summed E-state index contributed by atoms with van der Waals surface area (Å²) in [6, 6.07) is 12.0. The third kappa shape index (κ3) is 6.14. The Hall–Kier alpha value is -3.87. The molecule has 2 aromatic rings. The molecular formula is C27H32F3N3O7. The molecule has 218 valence electrons. The van der Waals surface area contributed by atoms with Crippen LogP contribution in [0.4, 0.5) is 23.7 Å². The minimum atomic E-state index is -5.08. The quantitative estimate of drug-likeness (QED) is 0.487. The summed E-state index contributed by atoms with van der Waals surface area (Å²) in [5.41, 5.74) is 2.03. The van der Waals surface area contributed by atoms with Crippen molar-refractivity contribution in [3.8, 4) is 23.0 Å².